The number of rotatable bonds is 3. The first kappa shape index (κ1) is 17.2. The minimum atomic E-state index is 0.154. The van der Waals surface area contributed by atoms with E-state index in [0.29, 0.717) is 6.54 Å². The zero-order chi connectivity index (χ0) is 18.4. The van der Waals surface area contributed by atoms with Crippen LogP contribution in [0.2, 0.25) is 0 Å². The van der Waals surface area contributed by atoms with Gasteiger partial charge in [-0.3, -0.25) is 9.69 Å². The Morgan fingerprint density at radius 3 is 2.33 bits per heavy atom. The van der Waals surface area contributed by atoms with Crippen molar-refractivity contribution in [2.75, 3.05) is 62.7 Å². The Kier molecular flexibility index (Phi) is 4.42. The molecule has 2 aliphatic carbocycles. The second-order valence-electron chi connectivity index (χ2n) is 8.74. The normalized spacial score (nSPS) is 31.8. The number of hydrogen-bond acceptors (Lipinski definition) is 6. The molecule has 0 spiro atoms. The highest BCUT2D eigenvalue weighted by Gasteiger charge is 2.42. The summed E-state index contributed by atoms with van der Waals surface area (Å²) in [6, 6.07) is 2.90. The van der Waals surface area contributed by atoms with Crippen LogP contribution in [0.3, 0.4) is 0 Å². The molecule has 4 aliphatic rings. The van der Waals surface area contributed by atoms with Gasteiger partial charge >= 0.3 is 0 Å². The van der Waals surface area contributed by atoms with Gasteiger partial charge in [0.2, 0.25) is 5.91 Å². The zero-order valence-electron chi connectivity index (χ0n) is 16.3. The largest absolute Gasteiger partial charge is 0.354 e. The van der Waals surface area contributed by atoms with Crippen molar-refractivity contribution in [3.05, 3.63) is 12.4 Å². The zero-order valence-corrected chi connectivity index (χ0v) is 16.3. The molecule has 1 aromatic rings. The molecular weight excluding hydrogens is 340 g/mol. The summed E-state index contributed by atoms with van der Waals surface area (Å²) in [6.45, 7) is 6.33. The minimum absolute atomic E-state index is 0.154. The van der Waals surface area contributed by atoms with Crippen molar-refractivity contribution in [2.24, 2.45) is 11.8 Å². The molecule has 2 saturated carbocycles. The summed E-state index contributed by atoms with van der Waals surface area (Å²) in [7, 11) is 1.86. The van der Waals surface area contributed by atoms with Gasteiger partial charge < -0.3 is 14.7 Å². The van der Waals surface area contributed by atoms with E-state index in [1.165, 1.54) is 25.7 Å². The Hall–Kier alpha value is -1.89. The summed E-state index contributed by atoms with van der Waals surface area (Å²) in [6.07, 6.45) is 7.48. The molecule has 1 amide bonds. The predicted molar refractivity (Wildman–Crippen MR) is 105 cm³/mol. The van der Waals surface area contributed by atoms with Crippen LogP contribution in [-0.4, -0.2) is 84.6 Å². The third kappa shape index (κ3) is 3.26. The molecule has 3 unspecified atom stereocenters. The molecule has 0 radical (unpaired) electrons. The Morgan fingerprint density at radius 2 is 1.67 bits per heavy atom. The highest BCUT2D eigenvalue weighted by atomic mass is 16.2. The van der Waals surface area contributed by atoms with Gasteiger partial charge in [-0.1, -0.05) is 6.42 Å². The van der Waals surface area contributed by atoms with Crippen LogP contribution < -0.4 is 9.80 Å². The minimum Gasteiger partial charge on any atom is -0.354 e. The number of piperazine rings is 2. The first-order valence-electron chi connectivity index (χ1n) is 10.5. The lowest BCUT2D eigenvalue weighted by molar-refractivity contribution is -0.129. The Balaban J connectivity index is 1.22. The lowest BCUT2D eigenvalue weighted by Crippen LogP contribution is -2.52. The van der Waals surface area contributed by atoms with Crippen molar-refractivity contribution in [3.63, 3.8) is 0 Å². The van der Waals surface area contributed by atoms with Crippen LogP contribution in [-0.2, 0) is 4.79 Å². The van der Waals surface area contributed by atoms with E-state index in [0.717, 1.165) is 68.8 Å². The number of anilines is 2. The summed E-state index contributed by atoms with van der Waals surface area (Å²) < 4.78 is 0. The second kappa shape index (κ2) is 6.93. The van der Waals surface area contributed by atoms with Gasteiger partial charge in [0.25, 0.3) is 0 Å². The van der Waals surface area contributed by atoms with E-state index in [-0.39, 0.29) is 5.91 Å². The van der Waals surface area contributed by atoms with Crippen LogP contribution in [0.1, 0.15) is 25.7 Å². The average Bonchev–Trinajstić information content (AvgIpc) is 3.34. The smallest absolute Gasteiger partial charge is 0.241 e. The van der Waals surface area contributed by atoms with Gasteiger partial charge in [0.1, 0.15) is 18.0 Å². The highest BCUT2D eigenvalue weighted by molar-refractivity contribution is 5.82. The molecular formula is C20H30N6O. The maximum atomic E-state index is 12.0. The quantitative estimate of drug-likeness (QED) is 0.793. The van der Waals surface area contributed by atoms with Gasteiger partial charge in [-0.05, 0) is 31.1 Å². The molecule has 0 aromatic carbocycles. The number of carbonyl (C=O) groups excluding carboxylic acids is 1. The van der Waals surface area contributed by atoms with E-state index >= 15 is 0 Å². The number of likely N-dealkylation sites (N-methyl/N-ethyl adjacent to an activating group) is 1. The van der Waals surface area contributed by atoms with Crippen molar-refractivity contribution in [1.29, 1.82) is 0 Å². The molecule has 1 aromatic heterocycles. The fourth-order valence-electron chi connectivity index (χ4n) is 5.58. The van der Waals surface area contributed by atoms with Gasteiger partial charge in [-0.2, -0.15) is 0 Å². The molecule has 3 heterocycles. The molecule has 7 nitrogen and oxygen atoms in total. The van der Waals surface area contributed by atoms with Gasteiger partial charge in [0.05, 0.1) is 6.54 Å². The molecule has 146 valence electrons. The van der Waals surface area contributed by atoms with Gasteiger partial charge in [-0.15, -0.1) is 0 Å². The number of aromatic nitrogens is 2. The van der Waals surface area contributed by atoms with Crippen LogP contribution in [0, 0.1) is 11.8 Å². The molecule has 2 bridgehead atoms. The maximum Gasteiger partial charge on any atom is 0.241 e. The second-order valence-corrected chi connectivity index (χ2v) is 8.74. The van der Waals surface area contributed by atoms with Crippen LogP contribution >= 0.6 is 0 Å². The number of fused-ring (bicyclic) bond motifs is 2. The van der Waals surface area contributed by atoms with Gasteiger partial charge in [0, 0.05) is 58.4 Å². The highest BCUT2D eigenvalue weighted by Crippen LogP contribution is 2.46. The fourth-order valence-corrected chi connectivity index (χ4v) is 5.58. The van der Waals surface area contributed by atoms with E-state index in [1.807, 2.05) is 7.05 Å². The number of hydrogen-bond donors (Lipinski definition) is 0. The van der Waals surface area contributed by atoms with Crippen molar-refractivity contribution in [3.8, 4) is 0 Å². The van der Waals surface area contributed by atoms with Crippen molar-refractivity contribution >= 4 is 17.5 Å². The first-order chi connectivity index (χ1) is 13.2. The van der Waals surface area contributed by atoms with Crippen molar-refractivity contribution in [2.45, 2.75) is 31.7 Å². The van der Waals surface area contributed by atoms with Crippen molar-refractivity contribution in [1.82, 2.24) is 19.8 Å². The van der Waals surface area contributed by atoms with Gasteiger partial charge in [-0.25, -0.2) is 9.97 Å². The molecule has 0 N–H and O–H groups in total. The molecule has 2 aliphatic heterocycles. The number of carbonyl (C=O) groups is 1. The van der Waals surface area contributed by atoms with E-state index in [4.69, 9.17) is 0 Å². The molecule has 4 fully saturated rings. The fraction of sp³-hybridized carbons (Fsp3) is 0.750. The summed E-state index contributed by atoms with van der Waals surface area (Å²) in [4.78, 5) is 29.9. The van der Waals surface area contributed by atoms with Crippen LogP contribution in [0.5, 0.6) is 0 Å². The Morgan fingerprint density at radius 1 is 0.926 bits per heavy atom. The summed E-state index contributed by atoms with van der Waals surface area (Å²) in [5, 5.41) is 0. The SMILES string of the molecule is CN1CCN(c2cc(N3CCN(C4CC5CCC4C5)CC3)ncn2)CC1=O. The number of nitrogens with zero attached hydrogens (tertiary/aromatic N) is 6. The number of amides is 1. The summed E-state index contributed by atoms with van der Waals surface area (Å²) in [5.41, 5.74) is 0. The lowest BCUT2D eigenvalue weighted by atomic mass is 9.93. The van der Waals surface area contributed by atoms with Crippen molar-refractivity contribution < 1.29 is 4.79 Å². The maximum absolute atomic E-state index is 12.0. The average molecular weight is 371 g/mol. The molecule has 2 saturated heterocycles. The van der Waals surface area contributed by atoms with E-state index in [9.17, 15) is 4.79 Å². The lowest BCUT2D eigenvalue weighted by Gasteiger charge is -2.41. The monoisotopic (exact) mass is 370 g/mol. The van der Waals surface area contributed by atoms with Crippen LogP contribution in [0.4, 0.5) is 11.6 Å². The van der Waals surface area contributed by atoms with Crippen LogP contribution in [0.25, 0.3) is 0 Å². The van der Waals surface area contributed by atoms with E-state index in [1.54, 1.807) is 11.2 Å². The summed E-state index contributed by atoms with van der Waals surface area (Å²) in [5.74, 6) is 3.99. The first-order valence-corrected chi connectivity index (χ1v) is 10.5. The van der Waals surface area contributed by atoms with Crippen LogP contribution in [0.15, 0.2) is 12.4 Å². The third-order valence-electron chi connectivity index (χ3n) is 7.23. The Bertz CT molecular complexity index is 703. The predicted octanol–water partition coefficient (Wildman–Crippen LogP) is 1.07. The van der Waals surface area contributed by atoms with E-state index < -0.39 is 0 Å². The standard InChI is InChI=1S/C20H30N6O/c1-23-4-5-26(13-20(23)27)19-12-18(21-14-22-19)25-8-6-24(7-9-25)17-11-15-2-3-16(17)10-15/h12,14-17H,2-11,13H2,1H3. The molecule has 7 heteroatoms. The third-order valence-corrected chi connectivity index (χ3v) is 7.23. The molecule has 3 atom stereocenters. The topological polar surface area (TPSA) is 55.8 Å². The molecule has 27 heavy (non-hydrogen) atoms. The van der Waals surface area contributed by atoms with E-state index in [2.05, 4.69) is 30.7 Å². The van der Waals surface area contributed by atoms with Gasteiger partial charge in [0.15, 0.2) is 0 Å². The Labute approximate surface area is 161 Å². The molecule has 5 rings (SSSR count). The summed E-state index contributed by atoms with van der Waals surface area (Å²) >= 11 is 0.